The van der Waals surface area contributed by atoms with E-state index in [1.807, 2.05) is 18.2 Å². The maximum atomic E-state index is 10.9. The summed E-state index contributed by atoms with van der Waals surface area (Å²) < 4.78 is 0. The smallest absolute Gasteiger partial charge is 0.231 e. The van der Waals surface area contributed by atoms with Crippen LogP contribution in [0.3, 0.4) is 0 Å². The number of benzene rings is 1. The van der Waals surface area contributed by atoms with E-state index in [2.05, 4.69) is 11.0 Å². The van der Waals surface area contributed by atoms with Gasteiger partial charge in [0, 0.05) is 12.2 Å². The van der Waals surface area contributed by atoms with Gasteiger partial charge < -0.3 is 11.5 Å². The molecule has 0 radical (unpaired) electrons. The second kappa shape index (κ2) is 5.19. The van der Waals surface area contributed by atoms with Crippen LogP contribution in [-0.4, -0.2) is 30.4 Å². The van der Waals surface area contributed by atoms with Gasteiger partial charge >= 0.3 is 0 Å². The fraction of sp³-hybridized carbons (Fsp3) is 0.462. The van der Waals surface area contributed by atoms with E-state index in [9.17, 15) is 4.79 Å². The predicted octanol–water partition coefficient (Wildman–Crippen LogP) is 0.933. The van der Waals surface area contributed by atoms with Crippen LogP contribution >= 0.6 is 0 Å². The molecular formula is C13H19N3O. The number of amides is 1. The summed E-state index contributed by atoms with van der Waals surface area (Å²) in [7, 11) is 0. The zero-order valence-corrected chi connectivity index (χ0v) is 9.93. The average Bonchev–Trinajstić information content (AvgIpc) is 2.29. The molecule has 1 aliphatic rings. The predicted molar refractivity (Wildman–Crippen MR) is 68.5 cm³/mol. The molecule has 4 heteroatoms. The summed E-state index contributed by atoms with van der Waals surface area (Å²) in [5.74, 6) is 0.163. The van der Waals surface area contributed by atoms with Crippen LogP contribution in [0.25, 0.3) is 0 Å². The summed E-state index contributed by atoms with van der Waals surface area (Å²) in [6, 6.07) is 7.97. The molecule has 17 heavy (non-hydrogen) atoms. The van der Waals surface area contributed by atoms with Crippen LogP contribution in [0.4, 0.5) is 5.69 Å². The molecule has 0 unspecified atom stereocenters. The van der Waals surface area contributed by atoms with Crippen LogP contribution in [-0.2, 0) is 4.79 Å². The van der Waals surface area contributed by atoms with E-state index in [-0.39, 0.29) is 5.91 Å². The summed E-state index contributed by atoms with van der Waals surface area (Å²) in [6.07, 6.45) is 2.22. The number of carbonyl (C=O) groups is 1. The van der Waals surface area contributed by atoms with Crippen molar-refractivity contribution in [3.8, 4) is 0 Å². The number of nitrogens with zero attached hydrogens (tertiary/aromatic N) is 1. The van der Waals surface area contributed by atoms with E-state index in [1.54, 1.807) is 0 Å². The van der Waals surface area contributed by atoms with E-state index in [0.717, 1.165) is 31.6 Å². The van der Waals surface area contributed by atoms with E-state index < -0.39 is 0 Å². The van der Waals surface area contributed by atoms with Gasteiger partial charge in [-0.15, -0.1) is 0 Å². The Morgan fingerprint density at radius 1 is 1.41 bits per heavy atom. The lowest BCUT2D eigenvalue weighted by molar-refractivity contribution is -0.119. The van der Waals surface area contributed by atoms with E-state index in [0.29, 0.717) is 12.5 Å². The van der Waals surface area contributed by atoms with Crippen molar-refractivity contribution in [2.45, 2.75) is 18.8 Å². The molecule has 1 fully saturated rings. The van der Waals surface area contributed by atoms with Crippen molar-refractivity contribution in [3.63, 3.8) is 0 Å². The molecule has 1 aliphatic heterocycles. The molecule has 0 saturated carbocycles. The minimum atomic E-state index is -0.258. The molecule has 0 bridgehead atoms. The number of nitrogen functional groups attached to an aromatic ring is 1. The first-order valence-electron chi connectivity index (χ1n) is 6.02. The second-order valence-corrected chi connectivity index (χ2v) is 4.67. The Hall–Kier alpha value is -1.55. The number of likely N-dealkylation sites (tertiary alicyclic amines) is 1. The number of carbonyl (C=O) groups excluding carboxylic acids is 1. The van der Waals surface area contributed by atoms with Crippen molar-refractivity contribution >= 4 is 11.6 Å². The molecule has 4 N–H and O–H groups in total. The first-order valence-corrected chi connectivity index (χ1v) is 6.02. The Kier molecular flexibility index (Phi) is 3.64. The molecule has 1 aromatic rings. The molecule has 0 spiro atoms. The Balaban J connectivity index is 2.07. The third kappa shape index (κ3) is 2.97. The number of nitrogens with two attached hydrogens (primary N) is 2. The number of para-hydroxylation sites is 1. The molecule has 0 aromatic heterocycles. The summed E-state index contributed by atoms with van der Waals surface area (Å²) in [6.45, 7) is 2.17. The number of primary amides is 1. The fourth-order valence-corrected chi connectivity index (χ4v) is 2.56. The van der Waals surface area contributed by atoms with Gasteiger partial charge in [0.05, 0.1) is 6.54 Å². The Labute approximate surface area is 102 Å². The van der Waals surface area contributed by atoms with Crippen LogP contribution in [0.5, 0.6) is 0 Å². The van der Waals surface area contributed by atoms with Crippen molar-refractivity contribution in [1.29, 1.82) is 0 Å². The van der Waals surface area contributed by atoms with Gasteiger partial charge in [0.2, 0.25) is 5.91 Å². The standard InChI is InChI=1S/C13H19N3O/c14-12-6-2-1-5-11(12)10-4-3-7-16(8-10)9-13(15)17/h1-2,5-6,10H,3-4,7-9,14H2,(H2,15,17)/t10-/m0/s1. The van der Waals surface area contributed by atoms with Crippen molar-refractivity contribution in [2.75, 3.05) is 25.4 Å². The van der Waals surface area contributed by atoms with E-state index in [4.69, 9.17) is 11.5 Å². The summed E-state index contributed by atoms with van der Waals surface area (Å²) in [5, 5.41) is 0. The normalized spacial score (nSPS) is 21.3. The van der Waals surface area contributed by atoms with Crippen LogP contribution < -0.4 is 11.5 Å². The maximum Gasteiger partial charge on any atom is 0.231 e. The van der Waals surface area contributed by atoms with Crippen LogP contribution in [0.1, 0.15) is 24.3 Å². The highest BCUT2D eigenvalue weighted by molar-refractivity contribution is 5.75. The highest BCUT2D eigenvalue weighted by atomic mass is 16.1. The highest BCUT2D eigenvalue weighted by Gasteiger charge is 2.23. The van der Waals surface area contributed by atoms with Gasteiger partial charge in [0.15, 0.2) is 0 Å². The van der Waals surface area contributed by atoms with Gasteiger partial charge in [-0.2, -0.15) is 0 Å². The first kappa shape index (κ1) is 11.9. The van der Waals surface area contributed by atoms with Crippen molar-refractivity contribution < 1.29 is 4.79 Å². The van der Waals surface area contributed by atoms with Crippen LogP contribution in [0, 0.1) is 0 Å². The second-order valence-electron chi connectivity index (χ2n) is 4.67. The third-order valence-electron chi connectivity index (χ3n) is 3.32. The lowest BCUT2D eigenvalue weighted by Gasteiger charge is -2.32. The Bertz CT molecular complexity index is 405. The number of hydrogen-bond donors (Lipinski definition) is 2. The Morgan fingerprint density at radius 2 is 2.18 bits per heavy atom. The number of hydrogen-bond acceptors (Lipinski definition) is 3. The molecule has 92 valence electrons. The number of rotatable bonds is 3. The van der Waals surface area contributed by atoms with Gasteiger partial charge in [-0.1, -0.05) is 18.2 Å². The molecule has 2 rings (SSSR count). The van der Waals surface area contributed by atoms with Gasteiger partial charge in [-0.25, -0.2) is 0 Å². The number of piperidine rings is 1. The monoisotopic (exact) mass is 233 g/mol. The lowest BCUT2D eigenvalue weighted by atomic mass is 9.89. The van der Waals surface area contributed by atoms with Gasteiger partial charge in [-0.3, -0.25) is 9.69 Å². The van der Waals surface area contributed by atoms with Crippen molar-refractivity contribution in [1.82, 2.24) is 4.90 Å². The summed E-state index contributed by atoms with van der Waals surface area (Å²) >= 11 is 0. The molecule has 4 nitrogen and oxygen atoms in total. The topological polar surface area (TPSA) is 72.4 Å². The largest absolute Gasteiger partial charge is 0.398 e. The van der Waals surface area contributed by atoms with Crippen LogP contribution in [0.15, 0.2) is 24.3 Å². The van der Waals surface area contributed by atoms with Gasteiger partial charge in [-0.05, 0) is 36.9 Å². The van der Waals surface area contributed by atoms with E-state index >= 15 is 0 Å². The van der Waals surface area contributed by atoms with E-state index in [1.165, 1.54) is 5.56 Å². The van der Waals surface area contributed by atoms with Gasteiger partial charge in [0.25, 0.3) is 0 Å². The zero-order valence-electron chi connectivity index (χ0n) is 9.93. The average molecular weight is 233 g/mol. The zero-order chi connectivity index (χ0) is 12.3. The lowest BCUT2D eigenvalue weighted by Crippen LogP contribution is -2.40. The molecule has 1 amide bonds. The van der Waals surface area contributed by atoms with Crippen LogP contribution in [0.2, 0.25) is 0 Å². The third-order valence-corrected chi connectivity index (χ3v) is 3.32. The minimum absolute atomic E-state index is 0.258. The number of anilines is 1. The molecule has 0 aliphatic carbocycles. The Morgan fingerprint density at radius 3 is 2.88 bits per heavy atom. The summed E-state index contributed by atoms with van der Waals surface area (Å²) in [4.78, 5) is 13.0. The summed E-state index contributed by atoms with van der Waals surface area (Å²) in [5.41, 5.74) is 13.3. The molecule has 1 saturated heterocycles. The minimum Gasteiger partial charge on any atom is -0.398 e. The molecule has 1 heterocycles. The first-order chi connectivity index (χ1) is 8.16. The van der Waals surface area contributed by atoms with Gasteiger partial charge in [0.1, 0.15) is 0 Å². The SMILES string of the molecule is NC(=O)CN1CCC[C@H](c2ccccc2N)C1. The van der Waals surface area contributed by atoms with Crippen molar-refractivity contribution in [3.05, 3.63) is 29.8 Å². The van der Waals surface area contributed by atoms with Crippen molar-refractivity contribution in [2.24, 2.45) is 5.73 Å². The maximum absolute atomic E-state index is 10.9. The molecular weight excluding hydrogens is 214 g/mol. The fourth-order valence-electron chi connectivity index (χ4n) is 2.56. The quantitative estimate of drug-likeness (QED) is 0.763. The molecule has 1 atom stereocenters. The highest BCUT2D eigenvalue weighted by Crippen LogP contribution is 2.30. The molecule has 1 aromatic carbocycles.